The summed E-state index contributed by atoms with van der Waals surface area (Å²) in [5, 5.41) is 0.419. The first kappa shape index (κ1) is 28.5. The summed E-state index contributed by atoms with van der Waals surface area (Å²) in [7, 11) is 4.44. The van der Waals surface area contributed by atoms with Gasteiger partial charge in [-0.15, -0.1) is 0 Å². The normalized spacial score (nSPS) is 10.9. The van der Waals surface area contributed by atoms with E-state index in [-0.39, 0.29) is 41.5 Å². The predicted molar refractivity (Wildman–Crippen MR) is 141 cm³/mol. The van der Waals surface area contributed by atoms with Crippen molar-refractivity contribution in [3.8, 4) is 40.0 Å². The number of pyridine rings is 2. The van der Waals surface area contributed by atoms with Crippen LogP contribution in [-0.2, 0) is 9.47 Å². The highest BCUT2D eigenvalue weighted by molar-refractivity contribution is 6.01. The largest absolute Gasteiger partial charge is 0.496 e. The average Bonchev–Trinajstić information content (AvgIpc) is 2.94. The fourth-order valence-corrected chi connectivity index (χ4v) is 3.89. The molecular weight excluding hydrogens is 528 g/mol. The van der Waals surface area contributed by atoms with Crippen molar-refractivity contribution in [1.82, 2.24) is 9.97 Å². The Morgan fingerprint density at radius 1 is 0.800 bits per heavy atom. The number of nitrogens with two attached hydrogens (primary N) is 1. The molecule has 12 heteroatoms. The van der Waals surface area contributed by atoms with Crippen molar-refractivity contribution in [2.24, 2.45) is 5.73 Å². The number of carbonyl (C=O) groups excluding carboxylic acids is 1. The van der Waals surface area contributed by atoms with E-state index in [1.165, 1.54) is 31.6 Å². The van der Waals surface area contributed by atoms with Gasteiger partial charge in [0.15, 0.2) is 28.9 Å². The van der Waals surface area contributed by atoms with Crippen LogP contribution in [0.2, 0.25) is 0 Å². The van der Waals surface area contributed by atoms with Gasteiger partial charge in [-0.05, 0) is 30.3 Å². The van der Waals surface area contributed by atoms with Crippen molar-refractivity contribution in [2.75, 3.05) is 47.8 Å². The second-order valence-electron chi connectivity index (χ2n) is 8.28. The molecule has 0 bridgehead atoms. The van der Waals surface area contributed by atoms with Crippen LogP contribution in [0.15, 0.2) is 48.8 Å². The van der Waals surface area contributed by atoms with E-state index in [4.69, 9.17) is 34.2 Å². The molecule has 4 rings (SSSR count). The molecule has 0 aliphatic carbocycles. The number of fused-ring (bicyclic) bond motifs is 1. The van der Waals surface area contributed by atoms with Crippen LogP contribution in [-0.4, -0.2) is 63.6 Å². The van der Waals surface area contributed by atoms with Crippen LogP contribution >= 0.6 is 0 Å². The first-order valence-electron chi connectivity index (χ1n) is 12.0. The molecule has 0 radical (unpaired) electrons. The third-order valence-electron chi connectivity index (χ3n) is 5.72. The number of rotatable bonds is 13. The van der Waals surface area contributed by atoms with Gasteiger partial charge in [0.05, 0.1) is 31.5 Å². The van der Waals surface area contributed by atoms with E-state index in [0.29, 0.717) is 35.6 Å². The second kappa shape index (κ2) is 13.0. The molecule has 4 aromatic rings. The summed E-state index contributed by atoms with van der Waals surface area (Å²) in [6.07, 6.45) is 2.77. The van der Waals surface area contributed by atoms with Crippen molar-refractivity contribution < 1.29 is 42.0 Å². The molecule has 2 N–H and O–H groups in total. The fourth-order valence-electron chi connectivity index (χ4n) is 3.89. The molecule has 0 saturated carbocycles. The smallest absolute Gasteiger partial charge is 0.254 e. The molecule has 0 aliphatic rings. The van der Waals surface area contributed by atoms with Crippen molar-refractivity contribution in [2.45, 2.75) is 0 Å². The number of aromatic nitrogens is 2. The fraction of sp³-hybridized carbons (Fsp3) is 0.250. The number of hydrogen-bond acceptors (Lipinski definition) is 9. The van der Waals surface area contributed by atoms with E-state index in [9.17, 15) is 4.79 Å². The molecule has 0 unspecified atom stereocenters. The van der Waals surface area contributed by atoms with E-state index >= 15 is 8.78 Å². The summed E-state index contributed by atoms with van der Waals surface area (Å²) in [4.78, 5) is 20.5. The monoisotopic (exact) mass is 555 g/mol. The van der Waals surface area contributed by atoms with Gasteiger partial charge in [0.1, 0.15) is 30.3 Å². The Hall–Kier alpha value is -4.55. The van der Waals surface area contributed by atoms with Crippen LogP contribution in [0.1, 0.15) is 10.4 Å². The first-order valence-corrected chi connectivity index (χ1v) is 12.0. The minimum atomic E-state index is -1.03. The molecule has 2 aromatic heterocycles. The number of nitrogens with zero attached hydrogens (tertiary/aromatic N) is 2. The lowest BCUT2D eigenvalue weighted by molar-refractivity contribution is 0.0997. The molecule has 0 saturated heterocycles. The topological polar surface area (TPSA) is 124 Å². The zero-order chi connectivity index (χ0) is 28.6. The Morgan fingerprint density at radius 2 is 1.40 bits per heavy atom. The maximum Gasteiger partial charge on any atom is 0.254 e. The van der Waals surface area contributed by atoms with Crippen LogP contribution in [0.25, 0.3) is 22.2 Å². The molecule has 210 valence electrons. The van der Waals surface area contributed by atoms with Crippen molar-refractivity contribution in [1.29, 1.82) is 0 Å². The maximum atomic E-state index is 15.3. The first-order chi connectivity index (χ1) is 19.4. The molecule has 10 nitrogen and oxygen atoms in total. The van der Waals surface area contributed by atoms with Gasteiger partial charge in [0.25, 0.3) is 5.91 Å². The SMILES string of the molecule is COCCOc1cc2nccc(Oc3c(F)cc(-c4nccc(OC)c4C(N)=O)cc3F)c2cc1OCCOC. The lowest BCUT2D eigenvalue weighted by atomic mass is 10.0. The molecule has 2 aromatic carbocycles. The van der Waals surface area contributed by atoms with Crippen LogP contribution in [0.5, 0.6) is 28.7 Å². The highest BCUT2D eigenvalue weighted by atomic mass is 19.1. The van der Waals surface area contributed by atoms with Crippen LogP contribution in [0, 0.1) is 11.6 Å². The van der Waals surface area contributed by atoms with Crippen LogP contribution in [0.3, 0.4) is 0 Å². The van der Waals surface area contributed by atoms with Crippen molar-refractivity contribution >= 4 is 16.8 Å². The molecule has 0 atom stereocenters. The minimum absolute atomic E-state index is 0.0266. The number of benzene rings is 2. The summed E-state index contributed by atoms with van der Waals surface area (Å²) < 4.78 is 63.1. The predicted octanol–water partition coefficient (Wildman–Crippen LogP) is 4.53. The number of carbonyl (C=O) groups is 1. The maximum absolute atomic E-state index is 15.3. The van der Waals surface area contributed by atoms with Crippen LogP contribution < -0.4 is 24.7 Å². The summed E-state index contributed by atoms with van der Waals surface area (Å²) in [5.74, 6) is -2.59. The molecular formula is C28H27F2N3O7. The summed E-state index contributed by atoms with van der Waals surface area (Å²) >= 11 is 0. The molecule has 0 fully saturated rings. The summed E-state index contributed by atoms with van der Waals surface area (Å²) in [6.45, 7) is 1.18. The lowest BCUT2D eigenvalue weighted by Crippen LogP contribution is -2.15. The van der Waals surface area contributed by atoms with E-state index in [0.717, 1.165) is 12.1 Å². The Morgan fingerprint density at radius 3 is 2.00 bits per heavy atom. The Labute approximate surface area is 228 Å². The Balaban J connectivity index is 1.73. The number of primary amides is 1. The van der Waals surface area contributed by atoms with Crippen LogP contribution in [0.4, 0.5) is 8.78 Å². The standard InChI is InChI=1S/C28H27F2N3O7/c1-35-8-10-38-23-14-17-20(15-24(23)39-11-9-36-2)32-6-4-21(17)40-27-18(29)12-16(13-19(27)30)26-25(28(31)34)22(37-3)5-7-33-26/h4-7,12-15H,8-11H2,1-3H3,(H2,31,34). The van der Waals surface area contributed by atoms with Crippen molar-refractivity contribution in [3.05, 3.63) is 66.0 Å². The Kier molecular flexibility index (Phi) is 9.25. The highest BCUT2D eigenvalue weighted by Gasteiger charge is 2.22. The van der Waals surface area contributed by atoms with E-state index in [1.807, 2.05) is 0 Å². The third kappa shape index (κ3) is 6.19. The molecule has 40 heavy (non-hydrogen) atoms. The van der Waals surface area contributed by atoms with Gasteiger partial charge in [-0.25, -0.2) is 8.78 Å². The van der Waals surface area contributed by atoms with E-state index in [2.05, 4.69) is 9.97 Å². The van der Waals surface area contributed by atoms with E-state index < -0.39 is 23.3 Å². The molecule has 0 aliphatic heterocycles. The van der Waals surface area contributed by atoms with E-state index in [1.54, 1.807) is 26.4 Å². The van der Waals surface area contributed by atoms with Gasteiger partial charge in [0.2, 0.25) is 0 Å². The third-order valence-corrected chi connectivity index (χ3v) is 5.72. The average molecular weight is 556 g/mol. The van der Waals surface area contributed by atoms with Gasteiger partial charge in [0, 0.05) is 43.6 Å². The molecule has 0 spiro atoms. The number of amides is 1. The zero-order valence-electron chi connectivity index (χ0n) is 22.0. The van der Waals surface area contributed by atoms with Gasteiger partial charge in [-0.3, -0.25) is 14.8 Å². The minimum Gasteiger partial charge on any atom is -0.496 e. The second-order valence-corrected chi connectivity index (χ2v) is 8.28. The number of hydrogen-bond donors (Lipinski definition) is 1. The highest BCUT2D eigenvalue weighted by Crippen LogP contribution is 2.39. The number of methoxy groups -OCH3 is 3. The summed E-state index contributed by atoms with van der Waals surface area (Å²) in [5.41, 5.74) is 5.74. The summed E-state index contributed by atoms with van der Waals surface area (Å²) in [6, 6.07) is 8.13. The van der Waals surface area contributed by atoms with Crippen molar-refractivity contribution in [3.63, 3.8) is 0 Å². The lowest BCUT2D eigenvalue weighted by Gasteiger charge is -2.16. The van der Waals surface area contributed by atoms with Gasteiger partial charge >= 0.3 is 0 Å². The van der Waals surface area contributed by atoms with Gasteiger partial charge in [-0.1, -0.05) is 0 Å². The zero-order valence-corrected chi connectivity index (χ0v) is 22.0. The van der Waals surface area contributed by atoms with Gasteiger partial charge < -0.3 is 34.2 Å². The number of ether oxygens (including phenoxy) is 6. The quantitative estimate of drug-likeness (QED) is 0.237. The number of halogens is 2. The molecule has 1 amide bonds. The Bertz CT molecular complexity index is 1490. The molecule has 2 heterocycles. The van der Waals surface area contributed by atoms with Gasteiger partial charge in [-0.2, -0.15) is 0 Å².